The van der Waals surface area contributed by atoms with Gasteiger partial charge in [0.15, 0.2) is 5.82 Å². The Morgan fingerprint density at radius 2 is 2.07 bits per heavy atom. The minimum absolute atomic E-state index is 0. The van der Waals surface area contributed by atoms with Crippen LogP contribution in [0.1, 0.15) is 12.1 Å². The lowest BCUT2D eigenvalue weighted by atomic mass is 10.1. The molecule has 1 atom stereocenters. The predicted molar refractivity (Wildman–Crippen MR) is 102 cm³/mol. The van der Waals surface area contributed by atoms with Crippen molar-refractivity contribution in [3.8, 4) is 17.3 Å². The van der Waals surface area contributed by atoms with Crippen molar-refractivity contribution in [3.05, 3.63) is 59.3 Å². The van der Waals surface area contributed by atoms with Crippen molar-refractivity contribution in [2.75, 3.05) is 0 Å². The number of hydrogen-bond acceptors (Lipinski definition) is 6. The number of pyridine rings is 1. The van der Waals surface area contributed by atoms with Crippen LogP contribution in [-0.2, 0) is 11.2 Å². The van der Waals surface area contributed by atoms with Crippen molar-refractivity contribution in [3.63, 3.8) is 0 Å². The van der Waals surface area contributed by atoms with Crippen molar-refractivity contribution < 1.29 is 19.0 Å². The molecule has 0 unspecified atom stereocenters. The topological polar surface area (TPSA) is 116 Å². The molecule has 148 valence electrons. The van der Waals surface area contributed by atoms with Crippen molar-refractivity contribution in [2.45, 2.75) is 18.9 Å². The zero-order chi connectivity index (χ0) is 19.4. The van der Waals surface area contributed by atoms with Gasteiger partial charge in [0, 0.05) is 18.7 Å². The highest BCUT2D eigenvalue weighted by Gasteiger charge is 2.12. The minimum atomic E-state index is -0.961. The number of rotatable bonds is 7. The number of nitrogens with zero attached hydrogens (tertiary/aromatic N) is 4. The summed E-state index contributed by atoms with van der Waals surface area (Å²) in [5.74, 6) is -1.42. The van der Waals surface area contributed by atoms with E-state index in [-0.39, 0.29) is 29.7 Å². The zero-order valence-corrected chi connectivity index (χ0v) is 15.9. The lowest BCUT2D eigenvalue weighted by Gasteiger charge is -2.07. The summed E-state index contributed by atoms with van der Waals surface area (Å²) in [5.41, 5.74) is 7.02. The Hall–Kier alpha value is -2.75. The number of benzene rings is 1. The van der Waals surface area contributed by atoms with E-state index < -0.39 is 17.8 Å². The summed E-state index contributed by atoms with van der Waals surface area (Å²) in [6.07, 6.45) is 3.11. The molecule has 2 aromatic heterocycles. The molecule has 0 fully saturated rings. The van der Waals surface area contributed by atoms with E-state index in [9.17, 15) is 9.18 Å². The Morgan fingerprint density at radius 3 is 2.71 bits per heavy atom. The van der Waals surface area contributed by atoms with E-state index in [2.05, 4.69) is 15.3 Å². The molecule has 11 heteroatoms. The molecule has 0 spiro atoms. The average Bonchev–Trinajstić information content (AvgIpc) is 3.05. The highest BCUT2D eigenvalue weighted by molar-refractivity contribution is 6.30. The maximum atomic E-state index is 13.7. The zero-order valence-electron chi connectivity index (χ0n) is 14.3. The first-order chi connectivity index (χ1) is 12.9. The highest BCUT2D eigenvalue weighted by atomic mass is 35.5. The van der Waals surface area contributed by atoms with Gasteiger partial charge in [-0.25, -0.2) is 14.1 Å². The van der Waals surface area contributed by atoms with Crippen LogP contribution in [0.3, 0.4) is 0 Å². The Kier molecular flexibility index (Phi) is 7.27. The first-order valence-corrected chi connectivity index (χ1v) is 8.26. The largest absolute Gasteiger partial charge is 0.481 e. The molecular weight excluding hydrogens is 412 g/mol. The van der Waals surface area contributed by atoms with Gasteiger partial charge in [-0.05, 0) is 30.3 Å². The standard InChI is InChI=1S/C17H15ClFN5O3.ClH/c18-10-5-15(19)17(21-8-10)27-14-3-1-13(2-4-14)24-9-12(22-23-24)6-11(20)7-16(25)26;/h1-5,8-9,11H,6-7,20H2,(H,25,26);1H/t11-;/m1./s1. The molecule has 28 heavy (non-hydrogen) atoms. The van der Waals surface area contributed by atoms with Crippen LogP contribution in [-0.4, -0.2) is 37.1 Å². The van der Waals surface area contributed by atoms with Crippen LogP contribution in [0.5, 0.6) is 11.6 Å². The van der Waals surface area contributed by atoms with Gasteiger partial charge < -0.3 is 15.6 Å². The lowest BCUT2D eigenvalue weighted by Crippen LogP contribution is -2.26. The summed E-state index contributed by atoms with van der Waals surface area (Å²) < 4.78 is 20.6. The van der Waals surface area contributed by atoms with Gasteiger partial charge in [-0.1, -0.05) is 16.8 Å². The SMILES string of the molecule is Cl.N[C@@H](CC(=O)O)Cc1cn(-c2ccc(Oc3ncc(Cl)cc3F)cc2)nn1. The molecule has 0 aliphatic rings. The smallest absolute Gasteiger partial charge is 0.304 e. The number of carbonyl (C=O) groups is 1. The number of halogens is 3. The first-order valence-electron chi connectivity index (χ1n) is 7.88. The number of carboxylic acid groups (broad SMARTS) is 1. The maximum absolute atomic E-state index is 13.7. The molecular formula is C17H16Cl2FN5O3. The summed E-state index contributed by atoms with van der Waals surface area (Å²) in [4.78, 5) is 14.5. The van der Waals surface area contributed by atoms with E-state index in [1.807, 2.05) is 0 Å². The van der Waals surface area contributed by atoms with Crippen LogP contribution in [0.25, 0.3) is 5.69 Å². The fourth-order valence-corrected chi connectivity index (χ4v) is 2.48. The van der Waals surface area contributed by atoms with E-state index in [1.165, 1.54) is 10.9 Å². The van der Waals surface area contributed by atoms with Gasteiger partial charge in [0.1, 0.15) is 5.75 Å². The molecule has 0 bridgehead atoms. The fraction of sp³-hybridized carbons (Fsp3) is 0.176. The van der Waals surface area contributed by atoms with Crippen LogP contribution in [0.4, 0.5) is 4.39 Å². The Labute approximate surface area is 170 Å². The second-order valence-corrected chi connectivity index (χ2v) is 6.19. The lowest BCUT2D eigenvalue weighted by molar-refractivity contribution is -0.137. The van der Waals surface area contributed by atoms with Gasteiger partial charge in [0.25, 0.3) is 5.88 Å². The molecule has 3 aromatic rings. The molecule has 3 N–H and O–H groups in total. The molecule has 1 aromatic carbocycles. The second-order valence-electron chi connectivity index (χ2n) is 5.75. The molecule has 0 saturated carbocycles. The summed E-state index contributed by atoms with van der Waals surface area (Å²) in [6, 6.07) is 7.25. The molecule has 3 rings (SSSR count). The Bertz CT molecular complexity index is 952. The van der Waals surface area contributed by atoms with Crippen molar-refractivity contribution in [1.82, 2.24) is 20.0 Å². The summed E-state index contributed by atoms with van der Waals surface area (Å²) >= 11 is 5.66. The van der Waals surface area contributed by atoms with Crippen molar-refractivity contribution >= 4 is 30.0 Å². The Balaban J connectivity index is 0.00000280. The monoisotopic (exact) mass is 427 g/mol. The van der Waals surface area contributed by atoms with Crippen molar-refractivity contribution in [1.29, 1.82) is 0 Å². The number of nitrogens with two attached hydrogens (primary N) is 1. The van der Waals surface area contributed by atoms with Crippen LogP contribution in [0, 0.1) is 5.82 Å². The number of aliphatic carboxylic acids is 1. The predicted octanol–water partition coefficient (Wildman–Crippen LogP) is 3.01. The van der Waals surface area contributed by atoms with Gasteiger partial charge in [0.05, 0.1) is 29.0 Å². The first kappa shape index (κ1) is 21.5. The molecule has 8 nitrogen and oxygen atoms in total. The van der Waals surface area contributed by atoms with Gasteiger partial charge in [-0.2, -0.15) is 0 Å². The Morgan fingerprint density at radius 1 is 1.36 bits per heavy atom. The second kappa shape index (κ2) is 9.45. The number of carboxylic acids is 1. The maximum Gasteiger partial charge on any atom is 0.304 e. The minimum Gasteiger partial charge on any atom is -0.481 e. The van der Waals surface area contributed by atoms with E-state index in [4.69, 9.17) is 27.2 Å². The molecule has 2 heterocycles. The fourth-order valence-electron chi connectivity index (χ4n) is 2.34. The van der Waals surface area contributed by atoms with Crippen molar-refractivity contribution in [2.24, 2.45) is 5.73 Å². The third-order valence-corrected chi connectivity index (χ3v) is 3.75. The average molecular weight is 428 g/mol. The van der Waals surface area contributed by atoms with Crippen LogP contribution < -0.4 is 10.5 Å². The van der Waals surface area contributed by atoms with Crippen LogP contribution in [0.2, 0.25) is 5.02 Å². The quantitative estimate of drug-likeness (QED) is 0.594. The highest BCUT2D eigenvalue weighted by Crippen LogP contribution is 2.24. The summed E-state index contributed by atoms with van der Waals surface area (Å²) in [7, 11) is 0. The van der Waals surface area contributed by atoms with E-state index in [0.717, 1.165) is 6.07 Å². The van der Waals surface area contributed by atoms with Gasteiger partial charge in [-0.3, -0.25) is 4.79 Å². The molecule has 0 amide bonds. The molecule has 0 radical (unpaired) electrons. The normalized spacial score (nSPS) is 11.5. The summed E-state index contributed by atoms with van der Waals surface area (Å²) in [6.45, 7) is 0. The number of aromatic nitrogens is 4. The van der Waals surface area contributed by atoms with E-state index in [0.29, 0.717) is 23.6 Å². The third-order valence-electron chi connectivity index (χ3n) is 3.54. The number of ether oxygens (including phenoxy) is 1. The van der Waals surface area contributed by atoms with E-state index >= 15 is 0 Å². The molecule has 0 aliphatic heterocycles. The molecule has 0 saturated heterocycles. The third kappa shape index (κ3) is 5.62. The number of hydrogen-bond donors (Lipinski definition) is 2. The van der Waals surface area contributed by atoms with Gasteiger partial charge in [0.2, 0.25) is 0 Å². The van der Waals surface area contributed by atoms with E-state index in [1.54, 1.807) is 30.5 Å². The van der Waals surface area contributed by atoms with Gasteiger partial charge in [-0.15, -0.1) is 17.5 Å². The van der Waals surface area contributed by atoms with Gasteiger partial charge >= 0.3 is 5.97 Å². The van der Waals surface area contributed by atoms with Crippen LogP contribution >= 0.6 is 24.0 Å². The molecule has 0 aliphatic carbocycles. The summed E-state index contributed by atoms with van der Waals surface area (Å²) in [5, 5.41) is 16.9. The van der Waals surface area contributed by atoms with Crippen LogP contribution in [0.15, 0.2) is 42.7 Å².